The highest BCUT2D eigenvalue weighted by Gasteiger charge is 2.24. The lowest BCUT2D eigenvalue weighted by atomic mass is 9.89. The summed E-state index contributed by atoms with van der Waals surface area (Å²) in [7, 11) is 1.38. The number of fused-ring (bicyclic) bond motifs is 3. The van der Waals surface area contributed by atoms with Crippen molar-refractivity contribution >= 4 is 39.1 Å². The zero-order valence-corrected chi connectivity index (χ0v) is 18.8. The van der Waals surface area contributed by atoms with Gasteiger partial charge in [0.25, 0.3) is 5.56 Å². The number of aryl methyl sites for hydroxylation is 1. The quantitative estimate of drug-likeness (QED) is 0.513. The zero-order chi connectivity index (χ0) is 21.3. The molecule has 5 nitrogen and oxygen atoms in total. The van der Waals surface area contributed by atoms with Crippen molar-refractivity contribution in [3.63, 3.8) is 0 Å². The highest BCUT2D eigenvalue weighted by Crippen LogP contribution is 2.36. The third kappa shape index (κ3) is 4.30. The second kappa shape index (κ2) is 8.90. The highest BCUT2D eigenvalue weighted by atomic mass is 35.5. The molecule has 0 saturated carbocycles. The molecule has 1 aliphatic carbocycles. The van der Waals surface area contributed by atoms with Crippen LogP contribution < -0.4 is 5.56 Å². The molecule has 7 heteroatoms. The maximum atomic E-state index is 13.5. The number of aromatic nitrogens is 2. The molecule has 0 bridgehead atoms. The Morgan fingerprint density at radius 2 is 2.10 bits per heavy atom. The van der Waals surface area contributed by atoms with Crippen LogP contribution >= 0.6 is 22.9 Å². The Kier molecular flexibility index (Phi) is 6.25. The van der Waals surface area contributed by atoms with Crippen LogP contribution in [0.3, 0.4) is 0 Å². The summed E-state index contributed by atoms with van der Waals surface area (Å²) in [6.45, 7) is 2.71. The van der Waals surface area contributed by atoms with E-state index in [0.717, 1.165) is 40.9 Å². The van der Waals surface area contributed by atoms with Crippen molar-refractivity contribution in [2.45, 2.75) is 52.0 Å². The topological polar surface area (TPSA) is 61.2 Å². The van der Waals surface area contributed by atoms with E-state index in [1.165, 1.54) is 17.6 Å². The van der Waals surface area contributed by atoms with Gasteiger partial charge in [0.1, 0.15) is 10.7 Å². The van der Waals surface area contributed by atoms with E-state index in [9.17, 15) is 9.59 Å². The molecule has 0 N–H and O–H groups in total. The third-order valence-corrected chi connectivity index (χ3v) is 7.16. The van der Waals surface area contributed by atoms with Crippen molar-refractivity contribution in [3.05, 3.63) is 61.5 Å². The summed E-state index contributed by atoms with van der Waals surface area (Å²) in [4.78, 5) is 32.2. The summed E-state index contributed by atoms with van der Waals surface area (Å²) in [5, 5.41) is 1.46. The molecular weight excluding hydrogens is 420 g/mol. The summed E-state index contributed by atoms with van der Waals surface area (Å²) >= 11 is 7.68. The Balaban J connectivity index is 1.76. The van der Waals surface area contributed by atoms with Gasteiger partial charge >= 0.3 is 5.97 Å². The van der Waals surface area contributed by atoms with Crippen LogP contribution in [0.5, 0.6) is 0 Å². The molecule has 4 rings (SSSR count). The van der Waals surface area contributed by atoms with E-state index in [1.807, 2.05) is 24.3 Å². The van der Waals surface area contributed by atoms with Crippen molar-refractivity contribution in [1.29, 1.82) is 0 Å². The fourth-order valence-electron chi connectivity index (χ4n) is 4.10. The second-order valence-corrected chi connectivity index (χ2v) is 9.52. The maximum absolute atomic E-state index is 13.5. The van der Waals surface area contributed by atoms with Crippen molar-refractivity contribution in [3.8, 4) is 0 Å². The molecule has 1 aliphatic rings. The number of nitrogens with zero attached hydrogens (tertiary/aromatic N) is 2. The summed E-state index contributed by atoms with van der Waals surface area (Å²) in [6.07, 6.45) is 4.42. The molecule has 30 heavy (non-hydrogen) atoms. The van der Waals surface area contributed by atoms with Crippen molar-refractivity contribution in [2.75, 3.05) is 7.11 Å². The third-order valence-electron chi connectivity index (χ3n) is 5.76. The van der Waals surface area contributed by atoms with Gasteiger partial charge in [-0.05, 0) is 54.9 Å². The Morgan fingerprint density at radius 1 is 1.33 bits per heavy atom. The number of rotatable bonds is 6. The van der Waals surface area contributed by atoms with E-state index in [1.54, 1.807) is 15.9 Å². The van der Waals surface area contributed by atoms with Crippen LogP contribution in [0.4, 0.5) is 0 Å². The number of halogens is 1. The average Bonchev–Trinajstić information content (AvgIpc) is 3.09. The van der Waals surface area contributed by atoms with Gasteiger partial charge in [-0.3, -0.25) is 14.2 Å². The SMILES string of the molecule is COC(=O)CCCn1c(Cc2ccc(Cl)cc2)nc2sc3c(c2c1=O)CCC(C)C3. The average molecular weight is 445 g/mol. The largest absolute Gasteiger partial charge is 0.469 e. The second-order valence-electron chi connectivity index (χ2n) is 8.00. The van der Waals surface area contributed by atoms with E-state index in [4.69, 9.17) is 21.3 Å². The molecule has 0 amide bonds. The number of thiophene rings is 1. The molecule has 0 spiro atoms. The van der Waals surface area contributed by atoms with Crippen LogP contribution in [-0.4, -0.2) is 22.6 Å². The molecule has 1 aromatic carbocycles. The number of hydrogen-bond acceptors (Lipinski definition) is 5. The van der Waals surface area contributed by atoms with Gasteiger partial charge in [-0.25, -0.2) is 4.98 Å². The summed E-state index contributed by atoms with van der Waals surface area (Å²) in [5.74, 6) is 1.10. The van der Waals surface area contributed by atoms with Crippen molar-refractivity contribution < 1.29 is 9.53 Å². The number of carbonyl (C=O) groups is 1. The molecule has 3 aromatic rings. The molecule has 2 aromatic heterocycles. The Bertz CT molecular complexity index is 1130. The van der Waals surface area contributed by atoms with E-state index in [2.05, 4.69) is 6.92 Å². The number of ether oxygens (including phenoxy) is 1. The minimum Gasteiger partial charge on any atom is -0.469 e. The van der Waals surface area contributed by atoms with Crippen LogP contribution in [0.2, 0.25) is 5.02 Å². The van der Waals surface area contributed by atoms with Gasteiger partial charge < -0.3 is 4.74 Å². The van der Waals surface area contributed by atoms with Gasteiger partial charge in [-0.15, -0.1) is 11.3 Å². The lowest BCUT2D eigenvalue weighted by Crippen LogP contribution is -2.26. The van der Waals surface area contributed by atoms with Crippen LogP contribution in [0.1, 0.15) is 48.0 Å². The van der Waals surface area contributed by atoms with Gasteiger partial charge in [-0.1, -0.05) is 30.7 Å². The van der Waals surface area contributed by atoms with E-state index >= 15 is 0 Å². The van der Waals surface area contributed by atoms with Gasteiger partial charge in [-0.2, -0.15) is 0 Å². The summed E-state index contributed by atoms with van der Waals surface area (Å²) in [6, 6.07) is 7.61. The minimum absolute atomic E-state index is 0.0147. The monoisotopic (exact) mass is 444 g/mol. The van der Waals surface area contributed by atoms with Crippen LogP contribution in [0, 0.1) is 5.92 Å². The van der Waals surface area contributed by atoms with Gasteiger partial charge in [0, 0.05) is 29.3 Å². The lowest BCUT2D eigenvalue weighted by Gasteiger charge is -2.18. The minimum atomic E-state index is -0.266. The van der Waals surface area contributed by atoms with Crippen molar-refractivity contribution in [2.24, 2.45) is 5.92 Å². The normalized spacial score (nSPS) is 15.9. The number of benzene rings is 1. The van der Waals surface area contributed by atoms with Gasteiger partial charge in [0.05, 0.1) is 12.5 Å². The summed E-state index contributed by atoms with van der Waals surface area (Å²) < 4.78 is 6.50. The first-order valence-electron chi connectivity index (χ1n) is 10.3. The molecule has 158 valence electrons. The van der Waals surface area contributed by atoms with Crippen LogP contribution in [-0.2, 0) is 35.3 Å². The zero-order valence-electron chi connectivity index (χ0n) is 17.2. The molecule has 1 atom stereocenters. The van der Waals surface area contributed by atoms with E-state index in [0.29, 0.717) is 30.3 Å². The maximum Gasteiger partial charge on any atom is 0.305 e. The molecule has 1 unspecified atom stereocenters. The number of carbonyl (C=O) groups excluding carboxylic acids is 1. The lowest BCUT2D eigenvalue weighted by molar-refractivity contribution is -0.140. The number of esters is 1. The molecule has 0 radical (unpaired) electrons. The van der Waals surface area contributed by atoms with E-state index < -0.39 is 0 Å². The Hall–Kier alpha value is -2.18. The molecular formula is C23H25ClN2O3S. The first-order valence-corrected chi connectivity index (χ1v) is 11.5. The van der Waals surface area contributed by atoms with Gasteiger partial charge in [0.2, 0.25) is 0 Å². The van der Waals surface area contributed by atoms with Crippen LogP contribution in [0.25, 0.3) is 10.2 Å². The van der Waals surface area contributed by atoms with Crippen molar-refractivity contribution in [1.82, 2.24) is 9.55 Å². The number of methoxy groups -OCH3 is 1. The first-order chi connectivity index (χ1) is 14.5. The summed E-state index contributed by atoms with van der Waals surface area (Å²) in [5.41, 5.74) is 2.24. The predicted octanol–water partition coefficient (Wildman–Crippen LogP) is 4.78. The highest BCUT2D eigenvalue weighted by molar-refractivity contribution is 7.18. The molecule has 0 saturated heterocycles. The smallest absolute Gasteiger partial charge is 0.305 e. The van der Waals surface area contributed by atoms with Crippen LogP contribution in [0.15, 0.2) is 29.1 Å². The fourth-order valence-corrected chi connectivity index (χ4v) is 5.62. The van der Waals surface area contributed by atoms with Gasteiger partial charge in [0.15, 0.2) is 0 Å². The Labute approximate surface area is 184 Å². The first kappa shape index (κ1) is 21.1. The van der Waals surface area contributed by atoms with E-state index in [-0.39, 0.29) is 17.9 Å². The fraction of sp³-hybridized carbons (Fsp3) is 0.435. The predicted molar refractivity (Wildman–Crippen MR) is 121 cm³/mol. The molecule has 0 fully saturated rings. The molecule has 2 heterocycles. The standard InChI is InChI=1S/C23H25ClN2O3S/c1-14-5-10-17-18(12-14)30-22-21(17)23(28)26(11-3-4-20(27)29-2)19(25-22)13-15-6-8-16(24)9-7-15/h6-9,14H,3-5,10-13H2,1-2H3. The molecule has 0 aliphatic heterocycles. The Morgan fingerprint density at radius 3 is 2.83 bits per heavy atom. The number of hydrogen-bond donors (Lipinski definition) is 0.